The van der Waals surface area contributed by atoms with Gasteiger partial charge in [-0.15, -0.1) is 0 Å². The zero-order valence-electron chi connectivity index (χ0n) is 11.8. The third kappa shape index (κ3) is 3.92. The minimum Gasteiger partial charge on any atom is -0.378 e. The van der Waals surface area contributed by atoms with Crippen molar-refractivity contribution in [2.45, 2.75) is 26.3 Å². The first-order valence-corrected chi connectivity index (χ1v) is 6.58. The molecule has 5 heteroatoms. The summed E-state index contributed by atoms with van der Waals surface area (Å²) in [5.41, 5.74) is 0.201. The summed E-state index contributed by atoms with van der Waals surface area (Å²) in [6, 6.07) is 5.54. The predicted octanol–water partition coefficient (Wildman–Crippen LogP) is 1.45. The lowest BCUT2D eigenvalue weighted by atomic mass is 10.1. The molecule has 1 aromatic rings. The first-order valence-electron chi connectivity index (χ1n) is 6.58. The standard InChI is InChI=1S/C14H21N3O2/c1-14(2,3)16-13(18)11-5-4-6-12(15-11)17-7-9-19-10-8-17/h4-6H,7-10H2,1-3H3,(H,16,18). The number of morpholine rings is 1. The van der Waals surface area contributed by atoms with E-state index in [4.69, 9.17) is 4.74 Å². The van der Waals surface area contributed by atoms with Crippen molar-refractivity contribution in [1.29, 1.82) is 0 Å². The quantitative estimate of drug-likeness (QED) is 0.877. The highest BCUT2D eigenvalue weighted by Gasteiger charge is 2.18. The van der Waals surface area contributed by atoms with Crippen molar-refractivity contribution in [3.8, 4) is 0 Å². The number of ether oxygens (including phenoxy) is 1. The Morgan fingerprint density at radius 3 is 2.63 bits per heavy atom. The van der Waals surface area contributed by atoms with Crippen molar-refractivity contribution in [3.05, 3.63) is 23.9 Å². The molecule has 1 aliphatic heterocycles. The van der Waals surface area contributed by atoms with E-state index >= 15 is 0 Å². The van der Waals surface area contributed by atoms with Crippen LogP contribution in [0.2, 0.25) is 0 Å². The van der Waals surface area contributed by atoms with Crippen LogP contribution in [0.5, 0.6) is 0 Å². The van der Waals surface area contributed by atoms with Crippen LogP contribution in [0.3, 0.4) is 0 Å². The van der Waals surface area contributed by atoms with Gasteiger partial charge in [0.15, 0.2) is 0 Å². The number of rotatable bonds is 2. The molecule has 2 heterocycles. The molecule has 19 heavy (non-hydrogen) atoms. The van der Waals surface area contributed by atoms with Gasteiger partial charge in [0.1, 0.15) is 11.5 Å². The van der Waals surface area contributed by atoms with Gasteiger partial charge < -0.3 is 15.0 Å². The maximum Gasteiger partial charge on any atom is 0.270 e. The molecule has 0 saturated carbocycles. The van der Waals surface area contributed by atoms with Gasteiger partial charge in [-0.25, -0.2) is 4.98 Å². The molecule has 0 bridgehead atoms. The highest BCUT2D eigenvalue weighted by atomic mass is 16.5. The first-order chi connectivity index (χ1) is 8.96. The van der Waals surface area contributed by atoms with Crippen molar-refractivity contribution in [2.75, 3.05) is 31.2 Å². The maximum atomic E-state index is 12.1. The smallest absolute Gasteiger partial charge is 0.270 e. The summed E-state index contributed by atoms with van der Waals surface area (Å²) in [6.45, 7) is 8.92. The second-order valence-corrected chi connectivity index (χ2v) is 5.68. The predicted molar refractivity (Wildman–Crippen MR) is 74.5 cm³/mol. The SMILES string of the molecule is CC(C)(C)NC(=O)c1cccc(N2CCOCC2)n1. The van der Waals surface area contributed by atoms with Gasteiger partial charge in [0.05, 0.1) is 13.2 Å². The molecular weight excluding hydrogens is 242 g/mol. The summed E-state index contributed by atoms with van der Waals surface area (Å²) in [5.74, 6) is 0.701. The Labute approximate surface area is 114 Å². The van der Waals surface area contributed by atoms with Gasteiger partial charge in [-0.1, -0.05) is 6.07 Å². The molecule has 104 valence electrons. The molecule has 1 N–H and O–H groups in total. The lowest BCUT2D eigenvalue weighted by molar-refractivity contribution is 0.0914. The van der Waals surface area contributed by atoms with Crippen LogP contribution in [0.25, 0.3) is 0 Å². The third-order valence-electron chi connectivity index (χ3n) is 2.79. The Morgan fingerprint density at radius 2 is 2.00 bits per heavy atom. The minimum atomic E-state index is -0.256. The average molecular weight is 263 g/mol. The Kier molecular flexibility index (Phi) is 4.04. The second kappa shape index (κ2) is 5.57. The fraction of sp³-hybridized carbons (Fsp3) is 0.571. The molecule has 0 atom stereocenters. The van der Waals surface area contributed by atoms with Gasteiger partial charge in [-0.2, -0.15) is 0 Å². The maximum absolute atomic E-state index is 12.1. The van der Waals surface area contributed by atoms with Crippen LogP contribution in [0.4, 0.5) is 5.82 Å². The van der Waals surface area contributed by atoms with Crippen LogP contribution in [0.1, 0.15) is 31.3 Å². The molecule has 0 radical (unpaired) electrons. The highest BCUT2D eigenvalue weighted by Crippen LogP contribution is 2.13. The van der Waals surface area contributed by atoms with Crippen LogP contribution in [-0.2, 0) is 4.74 Å². The summed E-state index contributed by atoms with van der Waals surface area (Å²) in [4.78, 5) is 18.7. The summed E-state index contributed by atoms with van der Waals surface area (Å²) in [7, 11) is 0. The van der Waals surface area contributed by atoms with Crippen LogP contribution in [0, 0.1) is 0 Å². The van der Waals surface area contributed by atoms with E-state index in [1.807, 2.05) is 32.9 Å². The molecule has 1 aliphatic rings. The van der Waals surface area contributed by atoms with Gasteiger partial charge in [0, 0.05) is 18.6 Å². The molecule has 0 aliphatic carbocycles. The van der Waals surface area contributed by atoms with Gasteiger partial charge >= 0.3 is 0 Å². The first kappa shape index (κ1) is 13.8. The van der Waals surface area contributed by atoms with E-state index in [0.29, 0.717) is 18.9 Å². The summed E-state index contributed by atoms with van der Waals surface area (Å²) >= 11 is 0. The van der Waals surface area contributed by atoms with Crippen molar-refractivity contribution in [1.82, 2.24) is 10.3 Å². The number of carbonyl (C=O) groups is 1. The Morgan fingerprint density at radius 1 is 1.32 bits per heavy atom. The van der Waals surface area contributed by atoms with Gasteiger partial charge in [0.2, 0.25) is 0 Å². The molecule has 0 aromatic carbocycles. The zero-order chi connectivity index (χ0) is 13.9. The van der Waals surface area contributed by atoms with Crippen molar-refractivity contribution >= 4 is 11.7 Å². The second-order valence-electron chi connectivity index (χ2n) is 5.68. The molecule has 1 aromatic heterocycles. The minimum absolute atomic E-state index is 0.136. The molecule has 1 fully saturated rings. The molecule has 2 rings (SSSR count). The molecule has 1 saturated heterocycles. The lowest BCUT2D eigenvalue weighted by Crippen LogP contribution is -2.41. The lowest BCUT2D eigenvalue weighted by Gasteiger charge is -2.28. The number of hydrogen-bond donors (Lipinski definition) is 1. The monoisotopic (exact) mass is 263 g/mol. The normalized spacial score (nSPS) is 16.3. The van der Waals surface area contributed by atoms with E-state index in [0.717, 1.165) is 18.9 Å². The fourth-order valence-electron chi connectivity index (χ4n) is 1.92. The Balaban J connectivity index is 2.12. The number of anilines is 1. The summed E-state index contributed by atoms with van der Waals surface area (Å²) in [5, 5.41) is 2.92. The summed E-state index contributed by atoms with van der Waals surface area (Å²) < 4.78 is 5.32. The number of amides is 1. The van der Waals surface area contributed by atoms with Gasteiger partial charge in [-0.05, 0) is 32.9 Å². The van der Waals surface area contributed by atoms with E-state index in [-0.39, 0.29) is 11.4 Å². The number of hydrogen-bond acceptors (Lipinski definition) is 4. The number of aromatic nitrogens is 1. The van der Waals surface area contributed by atoms with Gasteiger partial charge in [-0.3, -0.25) is 4.79 Å². The van der Waals surface area contributed by atoms with E-state index in [2.05, 4.69) is 15.2 Å². The fourth-order valence-corrected chi connectivity index (χ4v) is 1.92. The zero-order valence-corrected chi connectivity index (χ0v) is 11.8. The molecule has 5 nitrogen and oxygen atoms in total. The van der Waals surface area contributed by atoms with E-state index < -0.39 is 0 Å². The molecule has 0 spiro atoms. The van der Waals surface area contributed by atoms with Gasteiger partial charge in [0.25, 0.3) is 5.91 Å². The molecule has 0 unspecified atom stereocenters. The molecular formula is C14H21N3O2. The average Bonchev–Trinajstić information content (AvgIpc) is 2.38. The number of pyridine rings is 1. The number of nitrogens with one attached hydrogen (secondary N) is 1. The number of carbonyl (C=O) groups excluding carboxylic acids is 1. The van der Waals surface area contributed by atoms with Crippen molar-refractivity contribution < 1.29 is 9.53 Å². The van der Waals surface area contributed by atoms with E-state index in [1.54, 1.807) is 6.07 Å². The Hall–Kier alpha value is -1.62. The van der Waals surface area contributed by atoms with Crippen molar-refractivity contribution in [3.63, 3.8) is 0 Å². The van der Waals surface area contributed by atoms with Crippen LogP contribution >= 0.6 is 0 Å². The molecule has 1 amide bonds. The largest absolute Gasteiger partial charge is 0.378 e. The highest BCUT2D eigenvalue weighted by molar-refractivity contribution is 5.93. The van der Waals surface area contributed by atoms with Crippen LogP contribution in [-0.4, -0.2) is 42.7 Å². The van der Waals surface area contributed by atoms with Crippen LogP contribution in [0.15, 0.2) is 18.2 Å². The number of nitrogens with zero attached hydrogens (tertiary/aromatic N) is 2. The third-order valence-corrected chi connectivity index (χ3v) is 2.79. The topological polar surface area (TPSA) is 54.5 Å². The van der Waals surface area contributed by atoms with Crippen molar-refractivity contribution in [2.24, 2.45) is 0 Å². The summed E-state index contributed by atoms with van der Waals surface area (Å²) in [6.07, 6.45) is 0. The Bertz CT molecular complexity index is 448. The van der Waals surface area contributed by atoms with E-state index in [9.17, 15) is 4.79 Å². The van der Waals surface area contributed by atoms with Crippen LogP contribution < -0.4 is 10.2 Å². The van der Waals surface area contributed by atoms with E-state index in [1.165, 1.54) is 0 Å².